The highest BCUT2D eigenvalue weighted by Crippen LogP contribution is 2.37. The molecule has 1 amide bonds. The van der Waals surface area contributed by atoms with Gasteiger partial charge in [0.25, 0.3) is 5.91 Å². The zero-order valence-electron chi connectivity index (χ0n) is 9.11. The van der Waals surface area contributed by atoms with Crippen molar-refractivity contribution in [3.8, 4) is 0 Å². The maximum Gasteiger partial charge on any atom is 0.268 e. The number of hydrogen-bond acceptors (Lipinski definition) is 2. The zero-order valence-corrected chi connectivity index (χ0v) is 9.87. The van der Waals surface area contributed by atoms with E-state index in [1.165, 1.54) is 0 Å². The first-order valence-electron chi connectivity index (χ1n) is 5.41. The van der Waals surface area contributed by atoms with Crippen molar-refractivity contribution < 1.29 is 9.90 Å². The van der Waals surface area contributed by atoms with Crippen LogP contribution in [0.4, 0.5) is 0 Å². The Hall–Kier alpha value is -1.00. The monoisotopic (exact) mass is 242 g/mol. The zero-order chi connectivity index (χ0) is 11.7. The summed E-state index contributed by atoms with van der Waals surface area (Å²) in [5.74, 6) is -0.180. The highest BCUT2D eigenvalue weighted by Gasteiger charge is 2.28. The molecule has 1 fully saturated rings. The van der Waals surface area contributed by atoms with Gasteiger partial charge in [-0.2, -0.15) is 0 Å². The first-order chi connectivity index (χ1) is 7.61. The smallest absolute Gasteiger partial charge is 0.268 e. The van der Waals surface area contributed by atoms with Crippen molar-refractivity contribution in [2.24, 2.45) is 0 Å². The highest BCUT2D eigenvalue weighted by molar-refractivity contribution is 6.31. The average molecular weight is 243 g/mol. The minimum absolute atomic E-state index is 0.0659. The molecular formula is C11H15ClN2O2. The molecule has 1 aliphatic rings. The Kier molecular flexibility index (Phi) is 3.21. The maximum atomic E-state index is 11.9. The number of amides is 1. The molecule has 16 heavy (non-hydrogen) atoms. The SMILES string of the molecule is C[C@@H](CO)NC(=O)c1cc(Cl)cn1C1CC1. The van der Waals surface area contributed by atoms with Crippen LogP contribution in [0.15, 0.2) is 12.3 Å². The van der Waals surface area contributed by atoms with Crippen molar-refractivity contribution in [2.75, 3.05) is 6.61 Å². The molecule has 1 aromatic rings. The molecule has 1 aliphatic carbocycles. The number of aromatic nitrogens is 1. The molecule has 0 aliphatic heterocycles. The van der Waals surface area contributed by atoms with E-state index in [0.29, 0.717) is 16.8 Å². The van der Waals surface area contributed by atoms with Crippen LogP contribution >= 0.6 is 11.6 Å². The summed E-state index contributed by atoms with van der Waals surface area (Å²) in [5.41, 5.74) is 0.577. The Bertz CT molecular complexity index is 399. The Morgan fingerprint density at radius 1 is 1.75 bits per heavy atom. The second-order valence-electron chi connectivity index (χ2n) is 4.24. The van der Waals surface area contributed by atoms with E-state index in [0.717, 1.165) is 12.8 Å². The lowest BCUT2D eigenvalue weighted by molar-refractivity contribution is 0.0912. The van der Waals surface area contributed by atoms with Crippen LogP contribution in [0.5, 0.6) is 0 Å². The summed E-state index contributed by atoms with van der Waals surface area (Å²) in [7, 11) is 0. The van der Waals surface area contributed by atoms with Gasteiger partial charge in [-0.1, -0.05) is 11.6 Å². The molecule has 4 nitrogen and oxygen atoms in total. The van der Waals surface area contributed by atoms with E-state index in [-0.39, 0.29) is 18.6 Å². The van der Waals surface area contributed by atoms with Gasteiger partial charge in [-0.05, 0) is 25.8 Å². The van der Waals surface area contributed by atoms with Gasteiger partial charge in [-0.25, -0.2) is 0 Å². The third-order valence-electron chi connectivity index (χ3n) is 2.64. The fourth-order valence-electron chi connectivity index (χ4n) is 1.63. The van der Waals surface area contributed by atoms with Gasteiger partial charge in [0.2, 0.25) is 0 Å². The lowest BCUT2D eigenvalue weighted by Gasteiger charge is -2.12. The first kappa shape index (κ1) is 11.5. The van der Waals surface area contributed by atoms with E-state index >= 15 is 0 Å². The molecule has 1 saturated carbocycles. The van der Waals surface area contributed by atoms with Crippen LogP contribution in [0, 0.1) is 0 Å². The van der Waals surface area contributed by atoms with E-state index in [2.05, 4.69) is 5.32 Å². The van der Waals surface area contributed by atoms with Gasteiger partial charge in [0.05, 0.1) is 11.6 Å². The van der Waals surface area contributed by atoms with Gasteiger partial charge >= 0.3 is 0 Å². The fraction of sp³-hybridized carbons (Fsp3) is 0.545. The van der Waals surface area contributed by atoms with Gasteiger partial charge in [-0.15, -0.1) is 0 Å². The summed E-state index contributed by atoms with van der Waals surface area (Å²) in [6.45, 7) is 1.69. The second-order valence-corrected chi connectivity index (χ2v) is 4.68. The van der Waals surface area contributed by atoms with Gasteiger partial charge in [0.15, 0.2) is 0 Å². The summed E-state index contributed by atoms with van der Waals surface area (Å²) < 4.78 is 1.92. The summed E-state index contributed by atoms with van der Waals surface area (Å²) in [5, 5.41) is 12.2. The molecule has 88 valence electrons. The highest BCUT2D eigenvalue weighted by atomic mass is 35.5. The van der Waals surface area contributed by atoms with Crippen molar-refractivity contribution in [1.29, 1.82) is 0 Å². The largest absolute Gasteiger partial charge is 0.394 e. The Balaban J connectivity index is 2.15. The Morgan fingerprint density at radius 3 is 3.00 bits per heavy atom. The number of aliphatic hydroxyl groups excluding tert-OH is 1. The number of nitrogens with zero attached hydrogens (tertiary/aromatic N) is 1. The molecule has 0 spiro atoms. The number of nitrogens with one attached hydrogen (secondary N) is 1. The van der Waals surface area contributed by atoms with Crippen molar-refractivity contribution in [2.45, 2.75) is 31.8 Å². The van der Waals surface area contributed by atoms with Gasteiger partial charge in [0.1, 0.15) is 5.69 Å². The summed E-state index contributed by atoms with van der Waals surface area (Å²) in [4.78, 5) is 11.9. The van der Waals surface area contributed by atoms with Gasteiger partial charge < -0.3 is 15.0 Å². The van der Waals surface area contributed by atoms with Crippen LogP contribution in [-0.4, -0.2) is 28.2 Å². The van der Waals surface area contributed by atoms with Crippen molar-refractivity contribution in [1.82, 2.24) is 9.88 Å². The van der Waals surface area contributed by atoms with E-state index in [9.17, 15) is 4.79 Å². The molecule has 0 bridgehead atoms. The van der Waals surface area contributed by atoms with Crippen LogP contribution in [-0.2, 0) is 0 Å². The maximum absolute atomic E-state index is 11.9. The van der Waals surface area contributed by atoms with E-state index < -0.39 is 0 Å². The fourth-order valence-corrected chi connectivity index (χ4v) is 1.83. The molecule has 1 heterocycles. The average Bonchev–Trinajstić information content (AvgIpc) is 3.01. The second kappa shape index (κ2) is 4.47. The quantitative estimate of drug-likeness (QED) is 0.843. The van der Waals surface area contributed by atoms with Crippen molar-refractivity contribution >= 4 is 17.5 Å². The van der Waals surface area contributed by atoms with Crippen LogP contribution in [0.2, 0.25) is 5.02 Å². The van der Waals surface area contributed by atoms with Crippen LogP contribution < -0.4 is 5.32 Å². The Labute approximate surface area is 99.2 Å². The predicted molar refractivity (Wildman–Crippen MR) is 61.7 cm³/mol. The number of rotatable bonds is 4. The standard InChI is InChI=1S/C11H15ClN2O2/c1-7(6-15)13-11(16)10-4-8(12)5-14(10)9-2-3-9/h4-5,7,9,15H,2-3,6H2,1H3,(H,13,16)/t7-/m0/s1. The third-order valence-corrected chi connectivity index (χ3v) is 2.85. The molecular weight excluding hydrogens is 228 g/mol. The normalized spacial score (nSPS) is 17.2. The van der Waals surface area contributed by atoms with Crippen LogP contribution in [0.25, 0.3) is 0 Å². The number of halogens is 1. The summed E-state index contributed by atoms with van der Waals surface area (Å²) in [6.07, 6.45) is 3.99. The van der Waals surface area contributed by atoms with E-state index in [4.69, 9.17) is 16.7 Å². The number of carbonyl (C=O) groups excluding carboxylic acids is 1. The third kappa shape index (κ3) is 2.39. The Morgan fingerprint density at radius 2 is 2.44 bits per heavy atom. The van der Waals surface area contributed by atoms with Gasteiger partial charge in [0, 0.05) is 18.3 Å². The molecule has 2 rings (SSSR count). The molecule has 0 aromatic carbocycles. The summed E-state index contributed by atoms with van der Waals surface area (Å²) >= 11 is 5.90. The topological polar surface area (TPSA) is 54.3 Å². The molecule has 0 unspecified atom stereocenters. The van der Waals surface area contributed by atoms with Crippen molar-refractivity contribution in [3.63, 3.8) is 0 Å². The number of hydrogen-bond donors (Lipinski definition) is 2. The number of carbonyl (C=O) groups is 1. The molecule has 1 aromatic heterocycles. The molecule has 0 radical (unpaired) electrons. The van der Waals surface area contributed by atoms with Crippen LogP contribution in [0.1, 0.15) is 36.3 Å². The van der Waals surface area contributed by atoms with E-state index in [1.807, 2.05) is 4.57 Å². The van der Waals surface area contributed by atoms with Gasteiger partial charge in [-0.3, -0.25) is 4.79 Å². The summed E-state index contributed by atoms with van der Waals surface area (Å²) in [6, 6.07) is 1.84. The first-order valence-corrected chi connectivity index (χ1v) is 5.78. The minimum atomic E-state index is -0.242. The molecule has 0 saturated heterocycles. The lowest BCUT2D eigenvalue weighted by Crippen LogP contribution is -2.36. The molecule has 2 N–H and O–H groups in total. The predicted octanol–water partition coefficient (Wildman–Crippen LogP) is 1.59. The lowest BCUT2D eigenvalue weighted by atomic mass is 10.3. The van der Waals surface area contributed by atoms with E-state index in [1.54, 1.807) is 19.2 Å². The molecule has 1 atom stereocenters. The number of aliphatic hydroxyl groups is 1. The van der Waals surface area contributed by atoms with Crippen molar-refractivity contribution in [3.05, 3.63) is 23.0 Å². The van der Waals surface area contributed by atoms with Crippen LogP contribution in [0.3, 0.4) is 0 Å². The minimum Gasteiger partial charge on any atom is -0.394 e. The molecule has 5 heteroatoms.